The number of aromatic nitrogens is 2. The topological polar surface area (TPSA) is 87.0 Å². The van der Waals surface area contributed by atoms with Gasteiger partial charge in [0, 0.05) is 18.3 Å². The SMILES string of the molecule is Nc1ccn(-c2ccc(C(F)(F)F)cc2[N+](=O)[O-])n1. The lowest BCUT2D eigenvalue weighted by atomic mass is 10.1. The van der Waals surface area contributed by atoms with E-state index in [-0.39, 0.29) is 11.5 Å². The van der Waals surface area contributed by atoms with Crippen LogP contribution in [0.4, 0.5) is 24.7 Å². The Hall–Kier alpha value is -2.58. The van der Waals surface area contributed by atoms with Crippen LogP contribution >= 0.6 is 0 Å². The van der Waals surface area contributed by atoms with Crippen molar-refractivity contribution in [2.24, 2.45) is 0 Å². The van der Waals surface area contributed by atoms with Gasteiger partial charge < -0.3 is 5.73 Å². The number of rotatable bonds is 2. The number of nitro benzene ring substituents is 1. The Morgan fingerprint density at radius 3 is 2.47 bits per heavy atom. The highest BCUT2D eigenvalue weighted by molar-refractivity contribution is 5.54. The van der Waals surface area contributed by atoms with Gasteiger partial charge in [0.2, 0.25) is 0 Å². The molecule has 6 nitrogen and oxygen atoms in total. The number of alkyl halides is 3. The van der Waals surface area contributed by atoms with E-state index < -0.39 is 22.4 Å². The third kappa shape index (κ3) is 2.49. The van der Waals surface area contributed by atoms with E-state index in [1.807, 2.05) is 0 Å². The van der Waals surface area contributed by atoms with Crippen molar-refractivity contribution in [3.05, 3.63) is 46.1 Å². The summed E-state index contributed by atoms with van der Waals surface area (Å²) in [5.74, 6) is 0.106. The monoisotopic (exact) mass is 272 g/mol. The van der Waals surface area contributed by atoms with Gasteiger partial charge in [-0.15, -0.1) is 0 Å². The average molecular weight is 272 g/mol. The largest absolute Gasteiger partial charge is 0.416 e. The van der Waals surface area contributed by atoms with E-state index in [0.717, 1.165) is 16.8 Å². The second kappa shape index (κ2) is 4.26. The lowest BCUT2D eigenvalue weighted by Crippen LogP contribution is -2.08. The number of nitrogens with zero attached hydrogens (tertiary/aromatic N) is 3. The molecular formula is C10H7F3N4O2. The van der Waals surface area contributed by atoms with Gasteiger partial charge in [-0.25, -0.2) is 4.68 Å². The third-order valence-electron chi connectivity index (χ3n) is 2.36. The van der Waals surface area contributed by atoms with Crippen LogP contribution in [0.2, 0.25) is 0 Å². The predicted molar refractivity (Wildman–Crippen MR) is 59.6 cm³/mol. The minimum absolute atomic E-state index is 0.0882. The van der Waals surface area contributed by atoms with Gasteiger partial charge in [0.15, 0.2) is 0 Å². The lowest BCUT2D eigenvalue weighted by Gasteiger charge is -2.08. The van der Waals surface area contributed by atoms with E-state index in [1.54, 1.807) is 0 Å². The predicted octanol–water partition coefficient (Wildman–Crippen LogP) is 2.38. The van der Waals surface area contributed by atoms with Gasteiger partial charge in [-0.3, -0.25) is 10.1 Å². The first kappa shape index (κ1) is 12.9. The number of hydrogen-bond acceptors (Lipinski definition) is 4. The Labute approximate surface area is 104 Å². The number of nitrogens with two attached hydrogens (primary N) is 1. The molecule has 2 rings (SSSR count). The molecule has 0 aliphatic carbocycles. The Kier molecular flexibility index (Phi) is 2.89. The summed E-state index contributed by atoms with van der Waals surface area (Å²) in [6.07, 6.45) is -3.32. The molecule has 0 atom stereocenters. The second-order valence-electron chi connectivity index (χ2n) is 3.64. The van der Waals surface area contributed by atoms with Crippen LogP contribution in [0.15, 0.2) is 30.5 Å². The lowest BCUT2D eigenvalue weighted by molar-refractivity contribution is -0.384. The standard InChI is InChI=1S/C10H7F3N4O2/c11-10(12,13)6-1-2-7(8(5-6)17(18)19)16-4-3-9(14)15-16/h1-5H,(H2,14,15). The summed E-state index contributed by atoms with van der Waals surface area (Å²) < 4.78 is 38.6. The van der Waals surface area contributed by atoms with Crippen molar-refractivity contribution in [1.29, 1.82) is 0 Å². The van der Waals surface area contributed by atoms with Gasteiger partial charge >= 0.3 is 6.18 Å². The molecule has 0 radical (unpaired) electrons. The smallest absolute Gasteiger partial charge is 0.382 e. The minimum atomic E-state index is -4.65. The molecule has 0 aliphatic rings. The Morgan fingerprint density at radius 2 is 2.00 bits per heavy atom. The van der Waals surface area contributed by atoms with Crippen molar-refractivity contribution in [3.63, 3.8) is 0 Å². The van der Waals surface area contributed by atoms with E-state index in [1.165, 1.54) is 12.3 Å². The summed E-state index contributed by atoms with van der Waals surface area (Å²) >= 11 is 0. The van der Waals surface area contributed by atoms with Gasteiger partial charge in [-0.1, -0.05) is 0 Å². The summed E-state index contributed by atoms with van der Waals surface area (Å²) in [4.78, 5) is 9.95. The maximum absolute atomic E-state index is 12.5. The van der Waals surface area contributed by atoms with Crippen LogP contribution in [-0.4, -0.2) is 14.7 Å². The molecule has 1 aromatic carbocycles. The molecule has 0 saturated carbocycles. The molecule has 0 saturated heterocycles. The molecule has 9 heteroatoms. The van der Waals surface area contributed by atoms with Crippen LogP contribution in [0.1, 0.15) is 5.56 Å². The molecule has 2 N–H and O–H groups in total. The molecule has 0 spiro atoms. The van der Waals surface area contributed by atoms with Crippen molar-refractivity contribution in [3.8, 4) is 5.69 Å². The zero-order chi connectivity index (χ0) is 14.2. The average Bonchev–Trinajstić information content (AvgIpc) is 2.73. The number of anilines is 1. The van der Waals surface area contributed by atoms with E-state index in [2.05, 4.69) is 5.10 Å². The zero-order valence-corrected chi connectivity index (χ0v) is 9.26. The highest BCUT2D eigenvalue weighted by Crippen LogP contribution is 2.34. The first-order valence-corrected chi connectivity index (χ1v) is 4.96. The zero-order valence-electron chi connectivity index (χ0n) is 9.26. The fourth-order valence-corrected chi connectivity index (χ4v) is 1.51. The number of benzene rings is 1. The van der Waals surface area contributed by atoms with E-state index in [4.69, 9.17) is 5.73 Å². The summed E-state index contributed by atoms with van der Waals surface area (Å²) in [7, 11) is 0. The molecule has 1 heterocycles. The van der Waals surface area contributed by atoms with Crippen molar-refractivity contribution in [2.75, 3.05) is 5.73 Å². The first-order valence-electron chi connectivity index (χ1n) is 4.96. The van der Waals surface area contributed by atoms with Crippen molar-refractivity contribution < 1.29 is 18.1 Å². The molecule has 1 aromatic heterocycles. The van der Waals surface area contributed by atoms with Gasteiger partial charge in [-0.05, 0) is 12.1 Å². The van der Waals surface area contributed by atoms with Crippen molar-refractivity contribution in [1.82, 2.24) is 9.78 Å². The number of hydrogen-bond donors (Lipinski definition) is 1. The summed E-state index contributed by atoms with van der Waals surface area (Å²) in [6, 6.07) is 3.57. The fourth-order valence-electron chi connectivity index (χ4n) is 1.51. The second-order valence-corrected chi connectivity index (χ2v) is 3.64. The van der Waals surface area contributed by atoms with Gasteiger partial charge in [0.25, 0.3) is 5.69 Å². The molecule has 19 heavy (non-hydrogen) atoms. The van der Waals surface area contributed by atoms with Crippen LogP contribution in [0.5, 0.6) is 0 Å². The molecule has 0 bridgehead atoms. The van der Waals surface area contributed by atoms with Crippen LogP contribution < -0.4 is 5.73 Å². The fraction of sp³-hybridized carbons (Fsp3) is 0.100. The molecule has 0 unspecified atom stereocenters. The van der Waals surface area contributed by atoms with E-state index in [9.17, 15) is 23.3 Å². The molecule has 100 valence electrons. The minimum Gasteiger partial charge on any atom is -0.382 e. The Bertz CT molecular complexity index is 636. The highest BCUT2D eigenvalue weighted by atomic mass is 19.4. The Balaban J connectivity index is 2.60. The molecule has 0 aliphatic heterocycles. The number of halogens is 3. The molecule has 2 aromatic rings. The van der Waals surface area contributed by atoms with Crippen LogP contribution in [-0.2, 0) is 6.18 Å². The summed E-state index contributed by atoms with van der Waals surface area (Å²) in [5.41, 5.74) is 3.48. The van der Waals surface area contributed by atoms with Gasteiger partial charge in [0.1, 0.15) is 11.5 Å². The quantitative estimate of drug-likeness (QED) is 0.671. The van der Waals surface area contributed by atoms with Crippen LogP contribution in [0.3, 0.4) is 0 Å². The molecular weight excluding hydrogens is 265 g/mol. The number of nitro groups is 1. The first-order chi connectivity index (χ1) is 8.79. The molecule has 0 fully saturated rings. The van der Waals surface area contributed by atoms with E-state index in [0.29, 0.717) is 6.07 Å². The maximum atomic E-state index is 12.5. The maximum Gasteiger partial charge on any atom is 0.416 e. The van der Waals surface area contributed by atoms with Crippen LogP contribution in [0.25, 0.3) is 5.69 Å². The Morgan fingerprint density at radius 1 is 1.32 bits per heavy atom. The van der Waals surface area contributed by atoms with Crippen molar-refractivity contribution in [2.45, 2.75) is 6.18 Å². The van der Waals surface area contributed by atoms with Crippen molar-refractivity contribution >= 4 is 11.5 Å². The van der Waals surface area contributed by atoms with Gasteiger partial charge in [0.05, 0.1) is 10.5 Å². The third-order valence-corrected chi connectivity index (χ3v) is 2.36. The summed E-state index contributed by atoms with van der Waals surface area (Å²) in [6.45, 7) is 0. The van der Waals surface area contributed by atoms with Crippen LogP contribution in [0, 0.1) is 10.1 Å². The number of nitrogen functional groups attached to an aromatic ring is 1. The van der Waals surface area contributed by atoms with Gasteiger partial charge in [-0.2, -0.15) is 18.3 Å². The summed E-state index contributed by atoms with van der Waals surface area (Å²) in [5, 5.41) is 14.6. The highest BCUT2D eigenvalue weighted by Gasteiger charge is 2.33. The molecule has 0 amide bonds. The van der Waals surface area contributed by atoms with E-state index >= 15 is 0 Å². The normalized spacial score (nSPS) is 11.5.